The predicted octanol–water partition coefficient (Wildman–Crippen LogP) is 3.74. The summed E-state index contributed by atoms with van der Waals surface area (Å²) in [4.78, 5) is 32.7. The Balaban J connectivity index is 1.40. The zero-order valence-electron chi connectivity index (χ0n) is 15.7. The van der Waals surface area contributed by atoms with Gasteiger partial charge in [-0.25, -0.2) is 4.98 Å². The quantitative estimate of drug-likeness (QED) is 0.646. The van der Waals surface area contributed by atoms with Gasteiger partial charge in [0.25, 0.3) is 5.91 Å². The van der Waals surface area contributed by atoms with Gasteiger partial charge in [0, 0.05) is 18.3 Å². The van der Waals surface area contributed by atoms with E-state index in [2.05, 4.69) is 10.3 Å². The number of rotatable bonds is 6. The van der Waals surface area contributed by atoms with Crippen LogP contribution in [-0.2, 0) is 4.79 Å². The summed E-state index contributed by atoms with van der Waals surface area (Å²) >= 11 is 2.91. The number of carbonyl (C=O) groups excluding carboxylic acids is 2. The van der Waals surface area contributed by atoms with Crippen molar-refractivity contribution in [2.75, 3.05) is 31.6 Å². The first-order valence-corrected chi connectivity index (χ1v) is 10.8. The Morgan fingerprint density at radius 1 is 1.21 bits per heavy atom. The topological polar surface area (TPSA) is 80.8 Å². The van der Waals surface area contributed by atoms with Crippen LogP contribution in [0, 0.1) is 0 Å². The molecule has 3 heterocycles. The average Bonchev–Trinajstić information content (AvgIpc) is 3.43. The summed E-state index contributed by atoms with van der Waals surface area (Å²) in [5.74, 6) is 0.777. The minimum Gasteiger partial charge on any atom is -0.486 e. The number of ether oxygens (including phenoxy) is 2. The molecule has 0 unspecified atom stereocenters. The number of benzene rings is 1. The molecule has 1 N–H and O–H groups in total. The lowest BCUT2D eigenvalue weighted by atomic mass is 10.2. The van der Waals surface area contributed by atoms with Gasteiger partial charge in [0.2, 0.25) is 5.91 Å². The van der Waals surface area contributed by atoms with E-state index in [4.69, 9.17) is 9.47 Å². The molecule has 0 bridgehead atoms. The largest absolute Gasteiger partial charge is 0.486 e. The first-order valence-electron chi connectivity index (χ1n) is 9.12. The van der Waals surface area contributed by atoms with Gasteiger partial charge in [-0.05, 0) is 30.5 Å². The lowest BCUT2D eigenvalue weighted by Gasteiger charge is -2.21. The average molecular weight is 430 g/mol. The molecule has 0 saturated heterocycles. The Morgan fingerprint density at radius 3 is 2.79 bits per heavy atom. The molecule has 7 nitrogen and oxygen atoms in total. The maximum atomic E-state index is 12.8. The van der Waals surface area contributed by atoms with Gasteiger partial charge < -0.3 is 19.7 Å². The van der Waals surface area contributed by atoms with Gasteiger partial charge in [0.05, 0.1) is 11.1 Å². The smallest absolute Gasteiger partial charge is 0.266 e. The number of amides is 2. The number of fused-ring (bicyclic) bond motifs is 1. The summed E-state index contributed by atoms with van der Waals surface area (Å²) in [6.45, 7) is 3.20. The van der Waals surface area contributed by atoms with Crippen LogP contribution in [0.2, 0.25) is 0 Å². The molecule has 4 rings (SSSR count). The zero-order valence-corrected chi connectivity index (χ0v) is 17.3. The molecule has 1 aromatic carbocycles. The van der Waals surface area contributed by atoms with Crippen LogP contribution in [0.4, 0.5) is 5.69 Å². The molecular weight excluding hydrogens is 410 g/mol. The monoisotopic (exact) mass is 429 g/mol. The van der Waals surface area contributed by atoms with Gasteiger partial charge in [0.1, 0.15) is 29.6 Å². The lowest BCUT2D eigenvalue weighted by Crippen LogP contribution is -2.37. The van der Waals surface area contributed by atoms with Crippen LogP contribution in [0.3, 0.4) is 0 Å². The molecule has 3 aromatic rings. The highest BCUT2D eigenvalue weighted by molar-refractivity contribution is 7.21. The maximum absolute atomic E-state index is 12.8. The zero-order chi connectivity index (χ0) is 20.2. The Morgan fingerprint density at radius 2 is 2.03 bits per heavy atom. The lowest BCUT2D eigenvalue weighted by molar-refractivity contribution is -0.116. The van der Waals surface area contributed by atoms with E-state index in [1.165, 1.54) is 16.2 Å². The standard InChI is InChI=1S/C20H19N3O4S2/c1-2-23(20(25)17-11-21-19(29-17)16-4-3-9-28-16)12-18(24)22-13-5-6-14-15(10-13)27-8-7-26-14/h3-6,9-11H,2,7-8,12H2,1H3,(H,22,24). The number of carbonyl (C=O) groups is 2. The van der Waals surface area contributed by atoms with E-state index in [0.717, 1.165) is 9.88 Å². The van der Waals surface area contributed by atoms with Crippen molar-refractivity contribution in [2.45, 2.75) is 6.92 Å². The van der Waals surface area contributed by atoms with Crippen LogP contribution in [0.5, 0.6) is 11.5 Å². The van der Waals surface area contributed by atoms with Crippen molar-refractivity contribution in [1.29, 1.82) is 0 Å². The molecule has 0 radical (unpaired) electrons. The highest BCUT2D eigenvalue weighted by Gasteiger charge is 2.21. The van der Waals surface area contributed by atoms with Gasteiger partial charge >= 0.3 is 0 Å². The summed E-state index contributed by atoms with van der Waals surface area (Å²) in [6.07, 6.45) is 1.57. The number of nitrogens with zero attached hydrogens (tertiary/aromatic N) is 2. The summed E-state index contributed by atoms with van der Waals surface area (Å²) in [7, 11) is 0. The van der Waals surface area contributed by atoms with Crippen LogP contribution >= 0.6 is 22.7 Å². The predicted molar refractivity (Wildman–Crippen MR) is 113 cm³/mol. The molecule has 1 aliphatic rings. The number of likely N-dealkylation sites (N-methyl/N-ethyl adjacent to an activating group) is 1. The summed E-state index contributed by atoms with van der Waals surface area (Å²) < 4.78 is 11.0. The van der Waals surface area contributed by atoms with E-state index in [9.17, 15) is 9.59 Å². The Bertz CT molecular complexity index is 1020. The van der Waals surface area contributed by atoms with Crippen LogP contribution < -0.4 is 14.8 Å². The second kappa shape index (κ2) is 8.62. The number of nitrogens with one attached hydrogen (secondary N) is 1. The summed E-state index contributed by atoms with van der Waals surface area (Å²) in [5.41, 5.74) is 0.598. The van der Waals surface area contributed by atoms with Crippen molar-refractivity contribution in [3.63, 3.8) is 0 Å². The second-order valence-electron chi connectivity index (χ2n) is 6.23. The molecule has 2 aromatic heterocycles. The van der Waals surface area contributed by atoms with Crippen LogP contribution in [-0.4, -0.2) is 48.0 Å². The number of thiophene rings is 1. The molecule has 150 valence electrons. The number of aromatic nitrogens is 1. The SMILES string of the molecule is CCN(CC(=O)Nc1ccc2c(c1)OCCO2)C(=O)c1cnc(-c2cccs2)s1. The minimum absolute atomic E-state index is 0.0456. The Hall–Kier alpha value is -2.91. The third-order valence-corrected chi connectivity index (χ3v) is 6.30. The molecule has 0 saturated carbocycles. The highest BCUT2D eigenvalue weighted by Crippen LogP contribution is 2.32. The molecule has 0 fully saturated rings. The van der Waals surface area contributed by atoms with E-state index in [0.29, 0.717) is 41.8 Å². The molecule has 1 aliphatic heterocycles. The van der Waals surface area contributed by atoms with Crippen molar-refractivity contribution in [2.24, 2.45) is 0 Å². The van der Waals surface area contributed by atoms with E-state index in [-0.39, 0.29) is 18.4 Å². The van der Waals surface area contributed by atoms with Gasteiger partial charge in [0.15, 0.2) is 11.5 Å². The van der Waals surface area contributed by atoms with Crippen molar-refractivity contribution >= 4 is 40.2 Å². The van der Waals surface area contributed by atoms with Crippen molar-refractivity contribution < 1.29 is 19.1 Å². The molecule has 0 atom stereocenters. The Labute approximate surface area is 175 Å². The second-order valence-corrected chi connectivity index (χ2v) is 8.21. The fourth-order valence-electron chi connectivity index (χ4n) is 2.87. The third kappa shape index (κ3) is 4.41. The van der Waals surface area contributed by atoms with Gasteiger partial charge in [-0.15, -0.1) is 22.7 Å². The van der Waals surface area contributed by atoms with Gasteiger partial charge in [-0.2, -0.15) is 0 Å². The van der Waals surface area contributed by atoms with E-state index in [1.54, 1.807) is 35.7 Å². The van der Waals surface area contributed by atoms with Crippen molar-refractivity contribution in [1.82, 2.24) is 9.88 Å². The summed E-state index contributed by atoms with van der Waals surface area (Å²) in [5, 5.41) is 5.59. The number of hydrogen-bond donors (Lipinski definition) is 1. The highest BCUT2D eigenvalue weighted by atomic mass is 32.1. The first kappa shape index (κ1) is 19.4. The number of hydrogen-bond acceptors (Lipinski definition) is 7. The third-order valence-electron chi connectivity index (χ3n) is 4.28. The van der Waals surface area contributed by atoms with E-state index < -0.39 is 0 Å². The molecule has 9 heteroatoms. The van der Waals surface area contributed by atoms with Crippen molar-refractivity contribution in [3.05, 3.63) is 46.8 Å². The fourth-order valence-corrected chi connectivity index (χ4v) is 4.55. The van der Waals surface area contributed by atoms with E-state index >= 15 is 0 Å². The molecule has 0 spiro atoms. The normalized spacial score (nSPS) is 12.4. The van der Waals surface area contributed by atoms with Gasteiger partial charge in [-0.3, -0.25) is 9.59 Å². The van der Waals surface area contributed by atoms with Crippen LogP contribution in [0.25, 0.3) is 9.88 Å². The maximum Gasteiger partial charge on any atom is 0.266 e. The van der Waals surface area contributed by atoms with Crippen LogP contribution in [0.15, 0.2) is 41.9 Å². The first-order chi connectivity index (χ1) is 14.1. The van der Waals surface area contributed by atoms with Gasteiger partial charge in [-0.1, -0.05) is 6.07 Å². The number of thiazole rings is 1. The molecule has 0 aliphatic carbocycles. The minimum atomic E-state index is -0.278. The fraction of sp³-hybridized carbons (Fsp3) is 0.250. The summed E-state index contributed by atoms with van der Waals surface area (Å²) in [6, 6.07) is 9.15. The molecule has 2 amide bonds. The van der Waals surface area contributed by atoms with Crippen LogP contribution in [0.1, 0.15) is 16.6 Å². The van der Waals surface area contributed by atoms with E-state index in [1.807, 2.05) is 24.4 Å². The van der Waals surface area contributed by atoms with Crippen molar-refractivity contribution in [3.8, 4) is 21.4 Å². The molecular formula is C20H19N3O4S2. The Kier molecular flexibility index (Phi) is 5.77. The molecule has 29 heavy (non-hydrogen) atoms. The number of anilines is 1.